The van der Waals surface area contributed by atoms with Crippen LogP contribution in [0.3, 0.4) is 0 Å². The van der Waals surface area contributed by atoms with Crippen LogP contribution in [0.4, 0.5) is 15.8 Å². The van der Waals surface area contributed by atoms with Crippen LogP contribution in [0.2, 0.25) is 5.02 Å². The van der Waals surface area contributed by atoms with Crippen LogP contribution in [-0.2, 0) is 4.79 Å². The number of hydrogen-bond donors (Lipinski definition) is 2. The molecule has 0 spiro atoms. The topological polar surface area (TPSA) is 110 Å². The molecular weight excluding hydrogens is 402 g/mol. The van der Waals surface area contributed by atoms with E-state index in [1.165, 1.54) is 36.6 Å². The quantitative estimate of drug-likeness (QED) is 0.342. The molecule has 0 atom stereocenters. The van der Waals surface area contributed by atoms with Gasteiger partial charge in [-0.1, -0.05) is 47.2 Å². The van der Waals surface area contributed by atoms with Crippen molar-refractivity contribution in [2.45, 2.75) is 6.92 Å². The third-order valence-corrected chi connectivity index (χ3v) is 4.62. The molecular formula is C18H14ClN5O3S. The van der Waals surface area contributed by atoms with Crippen molar-refractivity contribution in [3.63, 3.8) is 0 Å². The number of halogens is 1. The molecule has 28 heavy (non-hydrogen) atoms. The van der Waals surface area contributed by atoms with Crippen LogP contribution in [-0.4, -0.2) is 22.0 Å². The van der Waals surface area contributed by atoms with Crippen LogP contribution in [0.5, 0.6) is 0 Å². The molecule has 1 aromatic heterocycles. The zero-order valence-corrected chi connectivity index (χ0v) is 16.1. The Balaban J connectivity index is 1.82. The molecule has 0 saturated heterocycles. The van der Waals surface area contributed by atoms with Crippen LogP contribution in [0.1, 0.15) is 12.5 Å². The van der Waals surface area contributed by atoms with Crippen molar-refractivity contribution >= 4 is 50.9 Å². The fourth-order valence-electron chi connectivity index (χ4n) is 2.30. The highest BCUT2D eigenvalue weighted by molar-refractivity contribution is 7.20. The van der Waals surface area contributed by atoms with Crippen molar-refractivity contribution in [2.24, 2.45) is 5.10 Å². The first-order valence-electron chi connectivity index (χ1n) is 8.00. The third-order valence-electron chi connectivity index (χ3n) is 3.49. The molecule has 1 heterocycles. The number of nitrogens with one attached hydrogen (secondary N) is 2. The van der Waals surface area contributed by atoms with Crippen LogP contribution < -0.4 is 10.7 Å². The number of hydrogen-bond acceptors (Lipinski definition) is 7. The van der Waals surface area contributed by atoms with E-state index < -0.39 is 4.92 Å². The summed E-state index contributed by atoms with van der Waals surface area (Å²) in [5.41, 5.74) is 4.72. The average molecular weight is 416 g/mol. The van der Waals surface area contributed by atoms with Gasteiger partial charge in [-0.2, -0.15) is 5.10 Å². The van der Waals surface area contributed by atoms with E-state index in [1.807, 2.05) is 0 Å². The maximum Gasteiger partial charge on any atom is 0.270 e. The standard InChI is InChI=1S/C18H14ClN5O3S/c1-11(25)21-17-16(13-5-7-14(19)8-6-13)22-18(28-17)23-20-10-12-3-2-4-15(9-12)24(26)27/h2-10H,1H3,(H,21,25)(H,22,23). The number of hydrazone groups is 1. The van der Waals surface area contributed by atoms with Gasteiger partial charge in [0.2, 0.25) is 11.0 Å². The van der Waals surface area contributed by atoms with Crippen molar-refractivity contribution in [1.82, 2.24) is 4.98 Å². The number of benzene rings is 2. The predicted molar refractivity (Wildman–Crippen MR) is 111 cm³/mol. The maximum atomic E-state index is 11.5. The molecule has 10 heteroatoms. The van der Waals surface area contributed by atoms with Gasteiger partial charge >= 0.3 is 0 Å². The van der Waals surface area contributed by atoms with E-state index in [0.29, 0.717) is 26.4 Å². The first-order chi connectivity index (χ1) is 13.4. The molecule has 0 fully saturated rings. The first-order valence-corrected chi connectivity index (χ1v) is 9.19. The Morgan fingerprint density at radius 3 is 2.71 bits per heavy atom. The highest BCUT2D eigenvalue weighted by Crippen LogP contribution is 2.36. The maximum absolute atomic E-state index is 11.5. The number of anilines is 2. The molecule has 0 aliphatic heterocycles. The van der Waals surface area contributed by atoms with Gasteiger partial charge in [0.1, 0.15) is 10.7 Å². The highest BCUT2D eigenvalue weighted by atomic mass is 35.5. The second-order valence-electron chi connectivity index (χ2n) is 5.61. The number of rotatable bonds is 6. The Hall–Kier alpha value is -3.30. The van der Waals surface area contributed by atoms with Gasteiger partial charge in [0.25, 0.3) is 5.69 Å². The van der Waals surface area contributed by atoms with Gasteiger partial charge in [0.05, 0.1) is 11.1 Å². The monoisotopic (exact) mass is 415 g/mol. The number of carbonyl (C=O) groups is 1. The lowest BCUT2D eigenvalue weighted by atomic mass is 10.2. The SMILES string of the molecule is CC(=O)Nc1sc(NN=Cc2cccc([N+](=O)[O-])c2)nc1-c1ccc(Cl)cc1. The van der Waals surface area contributed by atoms with Crippen molar-refractivity contribution < 1.29 is 9.72 Å². The second kappa shape index (κ2) is 8.59. The van der Waals surface area contributed by atoms with Gasteiger partial charge in [-0.3, -0.25) is 20.3 Å². The number of non-ortho nitro benzene ring substituents is 1. The van der Waals surface area contributed by atoms with Gasteiger partial charge < -0.3 is 5.32 Å². The van der Waals surface area contributed by atoms with Crippen LogP contribution in [0.25, 0.3) is 11.3 Å². The lowest BCUT2D eigenvalue weighted by Crippen LogP contribution is -2.05. The van der Waals surface area contributed by atoms with Crippen molar-refractivity contribution in [1.29, 1.82) is 0 Å². The summed E-state index contributed by atoms with van der Waals surface area (Å²) >= 11 is 7.15. The predicted octanol–water partition coefficient (Wildman–Crippen LogP) is 4.78. The van der Waals surface area contributed by atoms with Crippen molar-refractivity contribution in [3.05, 3.63) is 69.2 Å². The number of amides is 1. The normalized spacial score (nSPS) is 10.8. The summed E-state index contributed by atoms with van der Waals surface area (Å²) in [4.78, 5) is 26.3. The summed E-state index contributed by atoms with van der Waals surface area (Å²) < 4.78 is 0. The third kappa shape index (κ3) is 4.90. The Labute approximate surface area is 169 Å². The summed E-state index contributed by atoms with van der Waals surface area (Å²) in [5, 5.41) is 19.3. The lowest BCUT2D eigenvalue weighted by molar-refractivity contribution is -0.384. The molecule has 0 radical (unpaired) electrons. The largest absolute Gasteiger partial charge is 0.316 e. The number of carbonyl (C=O) groups excluding carboxylic acids is 1. The van der Waals surface area contributed by atoms with E-state index >= 15 is 0 Å². The molecule has 2 aromatic carbocycles. The number of thiazole rings is 1. The van der Waals surface area contributed by atoms with Crippen LogP contribution >= 0.6 is 22.9 Å². The smallest absolute Gasteiger partial charge is 0.270 e. The molecule has 0 saturated carbocycles. The molecule has 0 unspecified atom stereocenters. The number of nitro benzene ring substituents is 1. The van der Waals surface area contributed by atoms with E-state index in [9.17, 15) is 14.9 Å². The fourth-order valence-corrected chi connectivity index (χ4v) is 3.31. The molecule has 3 rings (SSSR count). The van der Waals surface area contributed by atoms with E-state index in [1.54, 1.807) is 36.4 Å². The minimum atomic E-state index is -0.469. The molecule has 2 N–H and O–H groups in total. The Morgan fingerprint density at radius 2 is 2.04 bits per heavy atom. The molecule has 0 bridgehead atoms. The molecule has 0 aliphatic carbocycles. The Morgan fingerprint density at radius 1 is 1.29 bits per heavy atom. The van der Waals surface area contributed by atoms with Crippen molar-refractivity contribution in [3.8, 4) is 11.3 Å². The molecule has 142 valence electrons. The van der Waals surface area contributed by atoms with Gasteiger partial charge in [-0.05, 0) is 12.1 Å². The Kier molecular flexibility index (Phi) is 5.97. The molecule has 1 amide bonds. The number of aromatic nitrogens is 1. The first kappa shape index (κ1) is 19.5. The van der Waals surface area contributed by atoms with E-state index in [-0.39, 0.29) is 11.6 Å². The lowest BCUT2D eigenvalue weighted by Gasteiger charge is -2.02. The summed E-state index contributed by atoms with van der Waals surface area (Å²) in [6, 6.07) is 13.2. The van der Waals surface area contributed by atoms with Crippen LogP contribution in [0, 0.1) is 10.1 Å². The molecule has 3 aromatic rings. The zero-order chi connectivity index (χ0) is 20.1. The van der Waals surface area contributed by atoms with E-state index in [4.69, 9.17) is 11.6 Å². The number of nitro groups is 1. The van der Waals surface area contributed by atoms with Gasteiger partial charge in [-0.15, -0.1) is 0 Å². The fraction of sp³-hybridized carbons (Fsp3) is 0.0556. The highest BCUT2D eigenvalue weighted by Gasteiger charge is 2.14. The van der Waals surface area contributed by atoms with Gasteiger partial charge in [0.15, 0.2) is 0 Å². The van der Waals surface area contributed by atoms with Crippen LogP contribution in [0.15, 0.2) is 53.6 Å². The Bertz CT molecular complexity index is 1050. The van der Waals surface area contributed by atoms with E-state index in [0.717, 1.165) is 5.56 Å². The van der Waals surface area contributed by atoms with E-state index in [2.05, 4.69) is 20.8 Å². The minimum Gasteiger partial charge on any atom is -0.316 e. The zero-order valence-electron chi connectivity index (χ0n) is 14.5. The number of nitrogens with zero attached hydrogens (tertiary/aromatic N) is 3. The second-order valence-corrected chi connectivity index (χ2v) is 7.04. The van der Waals surface area contributed by atoms with Gasteiger partial charge in [0, 0.05) is 35.2 Å². The van der Waals surface area contributed by atoms with Gasteiger partial charge in [-0.25, -0.2) is 4.98 Å². The molecule has 0 aliphatic rings. The summed E-state index contributed by atoms with van der Waals surface area (Å²) in [5.74, 6) is -0.217. The summed E-state index contributed by atoms with van der Waals surface area (Å²) in [7, 11) is 0. The summed E-state index contributed by atoms with van der Waals surface area (Å²) in [6.07, 6.45) is 1.45. The summed E-state index contributed by atoms with van der Waals surface area (Å²) in [6.45, 7) is 1.42. The average Bonchev–Trinajstić information content (AvgIpc) is 3.04. The molecule has 8 nitrogen and oxygen atoms in total. The minimum absolute atomic E-state index is 0.0174. The van der Waals surface area contributed by atoms with Crippen molar-refractivity contribution in [2.75, 3.05) is 10.7 Å².